The number of fused-ring (bicyclic) bond motifs is 2. The second-order valence-corrected chi connectivity index (χ2v) is 18.3. The van der Waals surface area contributed by atoms with Crippen molar-refractivity contribution < 1.29 is 33.1 Å². The molecule has 1 atom stereocenters. The minimum atomic E-state index is -0.541. The molecule has 1 aromatic heterocycles. The molecule has 1 aliphatic heterocycles. The van der Waals surface area contributed by atoms with E-state index >= 15 is 0 Å². The molecule has 4 aromatic carbocycles. The van der Waals surface area contributed by atoms with E-state index in [0.717, 1.165) is 76.5 Å². The number of carbonyl (C=O) groups is 2. The lowest BCUT2D eigenvalue weighted by atomic mass is 9.79. The van der Waals surface area contributed by atoms with Gasteiger partial charge in [-0.1, -0.05) is 86.1 Å². The lowest BCUT2D eigenvalue weighted by molar-refractivity contribution is -0.146. The summed E-state index contributed by atoms with van der Waals surface area (Å²) in [6.45, 7) is 17.4. The maximum Gasteiger partial charge on any atom is 0.494 e. The van der Waals surface area contributed by atoms with Gasteiger partial charge in [-0.05, 0) is 125 Å². The van der Waals surface area contributed by atoms with Crippen LogP contribution >= 0.6 is 0 Å². The van der Waals surface area contributed by atoms with Crippen molar-refractivity contribution in [2.24, 2.45) is 5.92 Å². The Labute approximate surface area is 367 Å². The lowest BCUT2D eigenvalue weighted by Crippen LogP contribution is -2.41. The summed E-state index contributed by atoms with van der Waals surface area (Å²) in [5.74, 6) is 0.265. The number of rotatable bonds is 16. The molecule has 326 valence electrons. The number of anilines is 1. The van der Waals surface area contributed by atoms with Crippen molar-refractivity contribution in [2.75, 3.05) is 18.4 Å². The zero-order valence-corrected chi connectivity index (χ0v) is 37.7. The van der Waals surface area contributed by atoms with Gasteiger partial charge in [-0.15, -0.1) is 0 Å². The van der Waals surface area contributed by atoms with Crippen LogP contribution in [0.4, 0.5) is 10.5 Å². The molecular formula is C51H62BN3O7. The van der Waals surface area contributed by atoms with E-state index < -0.39 is 30.3 Å². The Morgan fingerprint density at radius 3 is 2.13 bits per heavy atom. The highest BCUT2D eigenvalue weighted by atomic mass is 16.7. The van der Waals surface area contributed by atoms with E-state index in [4.69, 9.17) is 28.5 Å². The van der Waals surface area contributed by atoms with Crippen molar-refractivity contribution >= 4 is 41.2 Å². The molecular weight excluding hydrogens is 777 g/mol. The minimum Gasteiger partial charge on any atom is -0.488 e. The van der Waals surface area contributed by atoms with Gasteiger partial charge in [0.2, 0.25) is 0 Å². The zero-order chi connectivity index (χ0) is 44.0. The maximum atomic E-state index is 13.5. The Hall–Kier alpha value is -5.39. The third-order valence-corrected chi connectivity index (χ3v) is 12.3. The van der Waals surface area contributed by atoms with Crippen molar-refractivity contribution in [3.05, 3.63) is 130 Å². The summed E-state index contributed by atoms with van der Waals surface area (Å²) in [4.78, 5) is 31.5. The predicted octanol–water partition coefficient (Wildman–Crippen LogP) is 9.68. The molecule has 2 aliphatic rings. The number of pyridine rings is 1. The van der Waals surface area contributed by atoms with E-state index in [-0.39, 0.29) is 25.8 Å². The van der Waals surface area contributed by atoms with Crippen LogP contribution in [0, 0.1) is 12.8 Å². The second kappa shape index (κ2) is 19.3. The quantitative estimate of drug-likeness (QED) is 0.0569. The number of aromatic nitrogens is 1. The van der Waals surface area contributed by atoms with Crippen LogP contribution in [-0.4, -0.2) is 48.5 Å². The van der Waals surface area contributed by atoms with Crippen LogP contribution in [0.5, 0.6) is 5.75 Å². The molecule has 1 saturated heterocycles. The largest absolute Gasteiger partial charge is 0.494 e. The van der Waals surface area contributed by atoms with Gasteiger partial charge in [0.05, 0.1) is 22.6 Å². The van der Waals surface area contributed by atoms with Crippen molar-refractivity contribution in [1.29, 1.82) is 0 Å². The molecule has 5 aromatic rings. The van der Waals surface area contributed by atoms with Crippen molar-refractivity contribution in [3.8, 4) is 5.75 Å². The van der Waals surface area contributed by atoms with E-state index in [1.54, 1.807) is 0 Å². The average molecular weight is 840 g/mol. The van der Waals surface area contributed by atoms with Crippen LogP contribution in [0.1, 0.15) is 112 Å². The van der Waals surface area contributed by atoms with E-state index in [0.29, 0.717) is 35.9 Å². The van der Waals surface area contributed by atoms with E-state index in [1.807, 2.05) is 102 Å². The second-order valence-electron chi connectivity index (χ2n) is 18.3. The number of nitrogens with one attached hydrogen (secondary N) is 2. The van der Waals surface area contributed by atoms with Crippen LogP contribution in [0.15, 0.2) is 84.9 Å². The SMILES string of the molecule is Cc1cc(COC(=O)NCCNc2c3c(nc4ccccc24)CCCC3)c(OCc2ccc(B3OC(C)(C)C(C)(C)O3)cc2)c(COC(=O)C(C)c2ccc(CC(C)C)cc2)c1. The number of alkyl carbamates (subject to hydrolysis) is 1. The summed E-state index contributed by atoms with van der Waals surface area (Å²) in [6.07, 6.45) is 4.70. The fraction of sp³-hybridized carbons (Fsp3) is 0.431. The number of carbonyl (C=O) groups excluding carboxylic acids is 2. The standard InChI is InChI=1S/C51H62BN3O7/c1-33(2)27-36-17-21-38(22-18-36)35(4)48(56)59-31-39-28-34(3)29-40(47(39)58-30-37-19-23-41(24-20-37)52-61-50(5,6)51(7,8)62-52)32-60-49(57)54-26-25-53-46-42-13-9-11-15-44(42)55-45-16-12-10-14-43(45)46/h9,11,13,15,17-24,28-29,33,35H,10,12,14,16,25-27,30-32H2,1-8H3,(H,53,55)(H,54,57). The van der Waals surface area contributed by atoms with Crippen LogP contribution in [0.3, 0.4) is 0 Å². The van der Waals surface area contributed by atoms with E-state index in [1.165, 1.54) is 11.1 Å². The Morgan fingerprint density at radius 2 is 1.44 bits per heavy atom. The number of amides is 1. The molecule has 1 amide bonds. The number of aryl methyl sites for hydroxylation is 2. The summed E-state index contributed by atoms with van der Waals surface area (Å²) in [7, 11) is -0.472. The summed E-state index contributed by atoms with van der Waals surface area (Å²) in [5, 5.41) is 7.59. The van der Waals surface area contributed by atoms with Crippen molar-refractivity contribution in [2.45, 2.75) is 124 Å². The number of esters is 1. The summed E-state index contributed by atoms with van der Waals surface area (Å²) < 4.78 is 30.8. The topological polar surface area (TPSA) is 117 Å². The normalized spacial score (nSPS) is 15.9. The van der Waals surface area contributed by atoms with Crippen molar-refractivity contribution in [1.82, 2.24) is 10.3 Å². The molecule has 0 spiro atoms. The Morgan fingerprint density at radius 1 is 0.790 bits per heavy atom. The van der Waals surface area contributed by atoms with Gasteiger partial charge in [0.25, 0.3) is 0 Å². The van der Waals surface area contributed by atoms with E-state index in [9.17, 15) is 9.59 Å². The van der Waals surface area contributed by atoms with Gasteiger partial charge in [0.1, 0.15) is 25.6 Å². The zero-order valence-electron chi connectivity index (χ0n) is 37.7. The van der Waals surface area contributed by atoms with Crippen molar-refractivity contribution in [3.63, 3.8) is 0 Å². The smallest absolute Gasteiger partial charge is 0.488 e. The number of nitrogens with zero attached hydrogens (tertiary/aromatic N) is 1. The monoisotopic (exact) mass is 839 g/mol. The Bertz CT molecular complexity index is 2350. The number of para-hydroxylation sites is 1. The van der Waals surface area contributed by atoms with Crippen LogP contribution in [0.25, 0.3) is 10.9 Å². The molecule has 11 heteroatoms. The molecule has 0 bridgehead atoms. The fourth-order valence-electron chi connectivity index (χ4n) is 8.18. The first kappa shape index (κ1) is 44.7. The van der Waals surface area contributed by atoms with Gasteiger partial charge in [0, 0.05) is 41.0 Å². The fourth-order valence-corrected chi connectivity index (χ4v) is 8.18. The predicted molar refractivity (Wildman–Crippen MR) is 246 cm³/mol. The van der Waals surface area contributed by atoms with Crippen LogP contribution in [-0.2, 0) is 62.7 Å². The summed E-state index contributed by atoms with van der Waals surface area (Å²) >= 11 is 0. The summed E-state index contributed by atoms with van der Waals surface area (Å²) in [6, 6.07) is 28.2. The molecule has 2 heterocycles. The highest BCUT2D eigenvalue weighted by Crippen LogP contribution is 2.37. The first-order chi connectivity index (χ1) is 29.7. The number of hydrogen-bond acceptors (Lipinski definition) is 9. The number of benzene rings is 4. The molecule has 62 heavy (non-hydrogen) atoms. The third kappa shape index (κ3) is 10.6. The highest BCUT2D eigenvalue weighted by molar-refractivity contribution is 6.62. The highest BCUT2D eigenvalue weighted by Gasteiger charge is 2.51. The van der Waals surface area contributed by atoms with Gasteiger partial charge in [0.15, 0.2) is 0 Å². The maximum absolute atomic E-state index is 13.5. The molecule has 0 radical (unpaired) electrons. The lowest BCUT2D eigenvalue weighted by Gasteiger charge is -2.32. The molecule has 0 saturated carbocycles. The van der Waals surface area contributed by atoms with Crippen LogP contribution in [0.2, 0.25) is 0 Å². The Balaban J connectivity index is 1.02. The van der Waals surface area contributed by atoms with Gasteiger partial charge >= 0.3 is 19.2 Å². The molecule has 7 rings (SSSR count). The molecule has 1 aliphatic carbocycles. The first-order valence-corrected chi connectivity index (χ1v) is 22.2. The van der Waals surface area contributed by atoms with Gasteiger partial charge < -0.3 is 34.2 Å². The Kier molecular flexibility index (Phi) is 13.9. The van der Waals surface area contributed by atoms with Gasteiger partial charge in [-0.25, -0.2) is 4.79 Å². The van der Waals surface area contributed by atoms with Crippen LogP contribution < -0.4 is 20.8 Å². The first-order valence-electron chi connectivity index (χ1n) is 22.2. The molecule has 10 nitrogen and oxygen atoms in total. The third-order valence-electron chi connectivity index (χ3n) is 12.3. The minimum absolute atomic E-state index is 0.00918. The average Bonchev–Trinajstić information content (AvgIpc) is 3.47. The number of hydrogen-bond donors (Lipinski definition) is 2. The van der Waals surface area contributed by atoms with E-state index in [2.05, 4.69) is 48.7 Å². The number of ether oxygens (including phenoxy) is 3. The van der Waals surface area contributed by atoms with Gasteiger partial charge in [-0.2, -0.15) is 0 Å². The molecule has 1 unspecified atom stereocenters. The summed E-state index contributed by atoms with van der Waals surface area (Å²) in [5.41, 5.74) is 9.88. The van der Waals surface area contributed by atoms with Gasteiger partial charge in [-0.3, -0.25) is 9.78 Å². The molecule has 2 N–H and O–H groups in total. The molecule has 1 fully saturated rings.